The third-order valence-corrected chi connectivity index (χ3v) is 1.89. The molecule has 0 amide bonds. The first-order valence-electron chi connectivity index (χ1n) is 5.02. The highest BCUT2D eigenvalue weighted by Gasteiger charge is 2.42. The molecular formula is C11H15F3O3. The molecule has 0 heterocycles. The van der Waals surface area contributed by atoms with Crippen LogP contribution >= 0.6 is 0 Å². The number of rotatable bonds is 6. The van der Waals surface area contributed by atoms with Crippen molar-refractivity contribution < 1.29 is 27.8 Å². The van der Waals surface area contributed by atoms with Gasteiger partial charge in [-0.15, -0.1) is 0 Å². The summed E-state index contributed by atoms with van der Waals surface area (Å²) in [6.45, 7) is 2.58. The number of carbonyl (C=O) groups is 1. The van der Waals surface area contributed by atoms with Gasteiger partial charge in [-0.05, 0) is 19.4 Å². The van der Waals surface area contributed by atoms with Crippen molar-refractivity contribution in [2.75, 3.05) is 6.61 Å². The maximum Gasteiger partial charge on any atom is 0.418 e. The second-order valence-corrected chi connectivity index (χ2v) is 3.22. The van der Waals surface area contributed by atoms with Crippen LogP contribution in [0.15, 0.2) is 23.8 Å². The highest BCUT2D eigenvalue weighted by atomic mass is 19.4. The lowest BCUT2D eigenvalue weighted by Gasteiger charge is -2.21. The number of hydrogen-bond donors (Lipinski definition) is 1. The molecule has 0 saturated heterocycles. The lowest BCUT2D eigenvalue weighted by atomic mass is 10.1. The number of alkyl halides is 3. The molecule has 0 aromatic rings. The highest BCUT2D eigenvalue weighted by molar-refractivity contribution is 5.66. The summed E-state index contributed by atoms with van der Waals surface area (Å²) in [5, 5.41) is 8.34. The van der Waals surface area contributed by atoms with Crippen molar-refractivity contribution in [1.82, 2.24) is 0 Å². The molecule has 0 radical (unpaired) electrons. The topological polar surface area (TPSA) is 46.5 Å². The standard InChI is InChI=1S/C11H15F3O3/c1-3-5-8(4-2)10(11(12,13)14)17-7-6-9(15)16/h3-5,10H,6-7H2,1-2H3,(H,15,16)/b5-3-,8-4+. The Morgan fingerprint density at radius 1 is 1.41 bits per heavy atom. The van der Waals surface area contributed by atoms with Crippen LogP contribution in [0.3, 0.4) is 0 Å². The van der Waals surface area contributed by atoms with Crippen molar-refractivity contribution in [1.29, 1.82) is 0 Å². The summed E-state index contributed by atoms with van der Waals surface area (Å²) >= 11 is 0. The van der Waals surface area contributed by atoms with Crippen LogP contribution in [0.1, 0.15) is 20.3 Å². The zero-order valence-electron chi connectivity index (χ0n) is 9.62. The summed E-state index contributed by atoms with van der Waals surface area (Å²) in [5.74, 6) is -1.20. The lowest BCUT2D eigenvalue weighted by molar-refractivity contribution is -0.207. The molecule has 1 atom stereocenters. The van der Waals surface area contributed by atoms with Gasteiger partial charge in [0, 0.05) is 0 Å². The van der Waals surface area contributed by atoms with Gasteiger partial charge in [0.25, 0.3) is 0 Å². The number of allylic oxidation sites excluding steroid dienone is 2. The summed E-state index contributed by atoms with van der Waals surface area (Å²) in [5.41, 5.74) is -0.0367. The van der Waals surface area contributed by atoms with Gasteiger partial charge in [-0.2, -0.15) is 13.2 Å². The number of halogens is 3. The molecule has 0 aliphatic heterocycles. The van der Waals surface area contributed by atoms with E-state index in [1.54, 1.807) is 6.92 Å². The Kier molecular flexibility index (Phi) is 6.57. The molecule has 0 saturated carbocycles. The zero-order valence-corrected chi connectivity index (χ0v) is 9.62. The quantitative estimate of drug-likeness (QED) is 0.739. The molecule has 0 aromatic carbocycles. The van der Waals surface area contributed by atoms with Gasteiger partial charge in [-0.25, -0.2) is 0 Å². The van der Waals surface area contributed by atoms with Crippen molar-refractivity contribution in [3.05, 3.63) is 23.8 Å². The first-order valence-corrected chi connectivity index (χ1v) is 5.02. The molecule has 17 heavy (non-hydrogen) atoms. The van der Waals surface area contributed by atoms with Gasteiger partial charge in [0.15, 0.2) is 6.10 Å². The molecule has 0 spiro atoms. The average molecular weight is 252 g/mol. The van der Waals surface area contributed by atoms with Gasteiger partial charge in [-0.3, -0.25) is 4.79 Å². The minimum atomic E-state index is -4.56. The number of carboxylic acid groups (broad SMARTS) is 1. The summed E-state index contributed by atoms with van der Waals surface area (Å²) < 4.78 is 42.6. The van der Waals surface area contributed by atoms with Gasteiger partial charge in [0.2, 0.25) is 0 Å². The van der Waals surface area contributed by atoms with E-state index < -0.39 is 31.3 Å². The molecular weight excluding hydrogens is 237 g/mol. The smallest absolute Gasteiger partial charge is 0.418 e. The van der Waals surface area contributed by atoms with Crippen LogP contribution in [-0.4, -0.2) is 30.0 Å². The van der Waals surface area contributed by atoms with Gasteiger partial charge in [0.1, 0.15) is 0 Å². The van der Waals surface area contributed by atoms with Crippen LogP contribution < -0.4 is 0 Å². The minimum absolute atomic E-state index is 0.0367. The van der Waals surface area contributed by atoms with Crippen molar-refractivity contribution in [2.24, 2.45) is 0 Å². The third-order valence-electron chi connectivity index (χ3n) is 1.89. The van der Waals surface area contributed by atoms with E-state index in [-0.39, 0.29) is 5.57 Å². The fourth-order valence-electron chi connectivity index (χ4n) is 1.17. The monoisotopic (exact) mass is 252 g/mol. The van der Waals surface area contributed by atoms with E-state index in [0.29, 0.717) is 0 Å². The summed E-state index contributed by atoms with van der Waals surface area (Å²) in [6, 6.07) is 0. The fraction of sp³-hybridized carbons (Fsp3) is 0.545. The second kappa shape index (κ2) is 7.11. The number of hydrogen-bond acceptors (Lipinski definition) is 2. The van der Waals surface area contributed by atoms with Crippen LogP contribution in [0.2, 0.25) is 0 Å². The van der Waals surface area contributed by atoms with Crippen molar-refractivity contribution in [2.45, 2.75) is 32.5 Å². The normalized spacial score (nSPS) is 15.2. The fourth-order valence-corrected chi connectivity index (χ4v) is 1.17. The molecule has 0 bridgehead atoms. The van der Waals surface area contributed by atoms with Crippen molar-refractivity contribution in [3.63, 3.8) is 0 Å². The van der Waals surface area contributed by atoms with E-state index in [4.69, 9.17) is 5.11 Å². The Morgan fingerprint density at radius 2 is 2.00 bits per heavy atom. The predicted molar refractivity (Wildman–Crippen MR) is 56.6 cm³/mol. The molecule has 0 aromatic heterocycles. The van der Waals surface area contributed by atoms with Crippen LogP contribution in [0, 0.1) is 0 Å². The van der Waals surface area contributed by atoms with E-state index in [1.807, 2.05) is 0 Å². The van der Waals surface area contributed by atoms with Crippen LogP contribution in [0.4, 0.5) is 13.2 Å². The number of carboxylic acids is 1. The summed E-state index contributed by atoms with van der Waals surface area (Å²) in [6.07, 6.45) is -3.05. The first kappa shape index (κ1) is 15.7. The van der Waals surface area contributed by atoms with E-state index in [9.17, 15) is 18.0 Å². The Hall–Kier alpha value is -1.30. The van der Waals surface area contributed by atoms with Crippen molar-refractivity contribution in [3.8, 4) is 0 Å². The maximum absolute atomic E-state index is 12.7. The largest absolute Gasteiger partial charge is 0.481 e. The number of aliphatic carboxylic acids is 1. The third kappa shape index (κ3) is 6.11. The molecule has 0 fully saturated rings. The van der Waals surface area contributed by atoms with Gasteiger partial charge in [0.05, 0.1) is 13.0 Å². The molecule has 0 aliphatic carbocycles. The van der Waals surface area contributed by atoms with E-state index in [1.165, 1.54) is 25.2 Å². The molecule has 1 unspecified atom stereocenters. The minimum Gasteiger partial charge on any atom is -0.481 e. The molecule has 0 rings (SSSR count). The second-order valence-electron chi connectivity index (χ2n) is 3.22. The van der Waals surface area contributed by atoms with Gasteiger partial charge >= 0.3 is 12.1 Å². The molecule has 0 aliphatic rings. The predicted octanol–water partition coefficient (Wildman–Crippen LogP) is 2.93. The van der Waals surface area contributed by atoms with Gasteiger partial charge < -0.3 is 9.84 Å². The molecule has 3 nitrogen and oxygen atoms in total. The zero-order chi connectivity index (χ0) is 13.5. The average Bonchev–Trinajstić information content (AvgIpc) is 2.19. The Bertz CT molecular complexity index is 306. The SMILES string of the molecule is C/C=C\C(=C/C)C(OCCC(=O)O)C(F)(F)F. The number of ether oxygens (including phenoxy) is 1. The first-order chi connectivity index (χ1) is 7.82. The molecule has 98 valence electrons. The van der Waals surface area contributed by atoms with Crippen molar-refractivity contribution >= 4 is 5.97 Å². The lowest BCUT2D eigenvalue weighted by Crippen LogP contribution is -2.33. The molecule has 1 N–H and O–H groups in total. The maximum atomic E-state index is 12.7. The Morgan fingerprint density at radius 3 is 2.35 bits per heavy atom. The summed E-state index contributed by atoms with van der Waals surface area (Å²) in [4.78, 5) is 10.2. The summed E-state index contributed by atoms with van der Waals surface area (Å²) in [7, 11) is 0. The van der Waals surface area contributed by atoms with Gasteiger partial charge in [-0.1, -0.05) is 18.2 Å². The van der Waals surface area contributed by atoms with Crippen LogP contribution in [0.25, 0.3) is 0 Å². The Labute approximate surface area is 97.6 Å². The highest BCUT2D eigenvalue weighted by Crippen LogP contribution is 2.29. The Balaban J connectivity index is 4.71. The van der Waals surface area contributed by atoms with E-state index >= 15 is 0 Å². The van der Waals surface area contributed by atoms with Crippen LogP contribution in [0.5, 0.6) is 0 Å². The molecule has 6 heteroatoms. The van der Waals surface area contributed by atoms with E-state index in [0.717, 1.165) is 0 Å². The van der Waals surface area contributed by atoms with Crippen LogP contribution in [-0.2, 0) is 9.53 Å². The van der Waals surface area contributed by atoms with E-state index in [2.05, 4.69) is 4.74 Å².